The molecule has 3 aromatic rings. The molecule has 0 aromatic heterocycles. The fraction of sp³-hybridized carbons (Fsp3) is 0.259. The Morgan fingerprint density at radius 3 is 1.45 bits per heavy atom. The Labute approximate surface area is 195 Å². The summed E-state index contributed by atoms with van der Waals surface area (Å²) in [6.45, 7) is 2.17. The quantitative estimate of drug-likeness (QED) is 0.374. The average Bonchev–Trinajstić information content (AvgIpc) is 2.88. The van der Waals surface area contributed by atoms with Crippen molar-refractivity contribution in [3.05, 3.63) is 102 Å². The van der Waals surface area contributed by atoms with Crippen molar-refractivity contribution in [1.82, 2.24) is 0 Å². The van der Waals surface area contributed by atoms with Crippen LogP contribution in [-0.2, 0) is 29.2 Å². The summed E-state index contributed by atoms with van der Waals surface area (Å²) in [7, 11) is 4.11. The second-order valence-electron chi connectivity index (χ2n) is 7.26. The Balaban J connectivity index is 0.000000479. The maximum atomic E-state index is 11.2. The number of rotatable bonds is 8. The minimum atomic E-state index is -0.396. The fourth-order valence-electron chi connectivity index (χ4n) is 3.31. The normalized spacial score (nSPS) is 10.4. The third-order valence-electron chi connectivity index (χ3n) is 5.21. The zero-order valence-corrected chi connectivity index (χ0v) is 19.4. The zero-order valence-electron chi connectivity index (χ0n) is 19.4. The van der Waals surface area contributed by atoms with E-state index in [9.17, 15) is 9.59 Å². The van der Waals surface area contributed by atoms with E-state index in [4.69, 9.17) is 4.74 Å². The smallest absolute Gasteiger partial charge is 0.343 e. The summed E-state index contributed by atoms with van der Waals surface area (Å²) < 4.78 is 18.7. The van der Waals surface area contributed by atoms with Crippen LogP contribution in [0.4, 0.5) is 0 Å². The first kappa shape index (κ1) is 25.6. The highest BCUT2D eigenvalue weighted by molar-refractivity contribution is 5.71. The molecule has 0 aliphatic heterocycles. The number of benzene rings is 3. The summed E-state index contributed by atoms with van der Waals surface area (Å²) in [6.07, 6.45) is 0. The topological polar surface area (TPSA) is 71.1 Å². The summed E-state index contributed by atoms with van der Waals surface area (Å²) in [5.74, 6) is -0.0994. The first-order chi connectivity index (χ1) is 15.9. The number of methoxy groups -OCH3 is 3. The number of esters is 2. The minimum Gasteiger partial charge on any atom is -0.482 e. The Morgan fingerprint density at radius 1 is 0.636 bits per heavy atom. The van der Waals surface area contributed by atoms with Gasteiger partial charge in [0.2, 0.25) is 0 Å². The van der Waals surface area contributed by atoms with E-state index in [-0.39, 0.29) is 24.6 Å². The predicted molar refractivity (Wildman–Crippen MR) is 126 cm³/mol. The Morgan fingerprint density at radius 2 is 1.06 bits per heavy atom. The number of carbonyl (C=O) groups excluding carboxylic acids is 2. The highest BCUT2D eigenvalue weighted by Crippen LogP contribution is 2.39. The molecule has 6 nitrogen and oxygen atoms in total. The molecule has 0 radical (unpaired) electrons. The molecule has 0 heterocycles. The van der Waals surface area contributed by atoms with Crippen molar-refractivity contribution in [2.24, 2.45) is 0 Å². The maximum absolute atomic E-state index is 11.2. The molecule has 0 fully saturated rings. The van der Waals surface area contributed by atoms with Crippen molar-refractivity contribution in [3.8, 4) is 5.75 Å². The third kappa shape index (κ3) is 7.19. The van der Waals surface area contributed by atoms with Crippen molar-refractivity contribution in [3.63, 3.8) is 0 Å². The molecule has 0 amide bonds. The zero-order chi connectivity index (χ0) is 24.1. The molecule has 3 aromatic carbocycles. The van der Waals surface area contributed by atoms with E-state index in [0.29, 0.717) is 5.75 Å². The van der Waals surface area contributed by atoms with E-state index in [1.807, 2.05) is 36.4 Å². The lowest BCUT2D eigenvalue weighted by Crippen LogP contribution is -2.25. The van der Waals surface area contributed by atoms with E-state index in [1.165, 1.54) is 32.5 Å². The van der Waals surface area contributed by atoms with Gasteiger partial charge in [-0.1, -0.05) is 72.8 Å². The Kier molecular flexibility index (Phi) is 10.1. The van der Waals surface area contributed by atoms with Crippen LogP contribution in [0.15, 0.2) is 84.9 Å². The molecule has 0 unspecified atom stereocenters. The van der Waals surface area contributed by atoms with Crippen molar-refractivity contribution in [2.75, 3.05) is 34.5 Å². The van der Waals surface area contributed by atoms with Crippen LogP contribution < -0.4 is 4.74 Å². The summed E-state index contributed by atoms with van der Waals surface area (Å²) >= 11 is 0. The van der Waals surface area contributed by atoms with Crippen LogP contribution in [0.1, 0.15) is 23.6 Å². The van der Waals surface area contributed by atoms with Gasteiger partial charge in [0.15, 0.2) is 6.61 Å². The molecule has 0 bridgehead atoms. The van der Waals surface area contributed by atoms with Gasteiger partial charge in [-0.2, -0.15) is 0 Å². The molecule has 0 spiro atoms. The fourth-order valence-corrected chi connectivity index (χ4v) is 3.31. The van der Waals surface area contributed by atoms with Crippen LogP contribution in [0.25, 0.3) is 0 Å². The largest absolute Gasteiger partial charge is 0.482 e. The van der Waals surface area contributed by atoms with Gasteiger partial charge in [-0.25, -0.2) is 9.59 Å². The van der Waals surface area contributed by atoms with Gasteiger partial charge < -0.3 is 18.9 Å². The molecule has 0 N–H and O–H groups in total. The third-order valence-corrected chi connectivity index (χ3v) is 5.21. The first-order valence-electron chi connectivity index (χ1n) is 10.4. The summed E-state index contributed by atoms with van der Waals surface area (Å²) in [4.78, 5) is 21.3. The molecule has 3 rings (SSSR count). The molecule has 0 atom stereocenters. The molecule has 33 heavy (non-hydrogen) atoms. The lowest BCUT2D eigenvalue weighted by atomic mass is 9.71. The van der Waals surface area contributed by atoms with E-state index in [1.54, 1.807) is 0 Å². The number of ether oxygens (including phenoxy) is 4. The van der Waals surface area contributed by atoms with Crippen LogP contribution in [0.3, 0.4) is 0 Å². The van der Waals surface area contributed by atoms with E-state index >= 15 is 0 Å². The minimum absolute atomic E-state index is 0.0382. The van der Waals surface area contributed by atoms with Crippen LogP contribution in [0, 0.1) is 0 Å². The van der Waals surface area contributed by atoms with Gasteiger partial charge in [0.05, 0.1) is 14.2 Å². The van der Waals surface area contributed by atoms with Gasteiger partial charge in [-0.15, -0.1) is 0 Å². The monoisotopic (exact) mass is 450 g/mol. The van der Waals surface area contributed by atoms with Gasteiger partial charge in [0.25, 0.3) is 0 Å². The lowest BCUT2D eigenvalue weighted by molar-refractivity contribution is -0.145. The average molecular weight is 451 g/mol. The SMILES string of the molecule is COC(=O)COc1ccc(C(C)(c2ccccc2)c2ccccc2)cc1.COCC(=O)OC. The molecule has 6 heteroatoms. The maximum Gasteiger partial charge on any atom is 0.343 e. The molecule has 0 saturated carbocycles. The van der Waals surface area contributed by atoms with Crippen LogP contribution in [-0.4, -0.2) is 46.5 Å². The van der Waals surface area contributed by atoms with Crippen LogP contribution >= 0.6 is 0 Å². The van der Waals surface area contributed by atoms with Crippen molar-refractivity contribution in [1.29, 1.82) is 0 Å². The summed E-state index contributed by atoms with van der Waals surface area (Å²) in [5.41, 5.74) is 3.30. The molecule has 0 aliphatic carbocycles. The Bertz CT molecular complexity index is 945. The molecule has 0 saturated heterocycles. The number of hydrogen-bond acceptors (Lipinski definition) is 6. The Hall–Kier alpha value is -3.64. The number of hydrogen-bond donors (Lipinski definition) is 0. The van der Waals surface area contributed by atoms with Gasteiger partial charge in [-0.3, -0.25) is 0 Å². The standard InChI is InChI=1S/C23H22O3.C4H8O3/c1-23(18-9-5-3-6-10-18,19-11-7-4-8-12-19)20-13-15-21(16-14-20)26-17-22(24)25-2;1-6-3-4(5)7-2/h3-16H,17H2,1-2H3;3H2,1-2H3. The van der Waals surface area contributed by atoms with Gasteiger partial charge >= 0.3 is 11.9 Å². The van der Waals surface area contributed by atoms with Crippen molar-refractivity contribution >= 4 is 11.9 Å². The lowest BCUT2D eigenvalue weighted by Gasteiger charge is -2.32. The highest BCUT2D eigenvalue weighted by Gasteiger charge is 2.30. The molecule has 174 valence electrons. The number of carbonyl (C=O) groups is 2. The molecule has 0 aliphatic rings. The van der Waals surface area contributed by atoms with E-state index in [0.717, 1.165) is 5.56 Å². The summed E-state index contributed by atoms with van der Waals surface area (Å²) in [5, 5.41) is 0. The van der Waals surface area contributed by atoms with Gasteiger partial charge in [0.1, 0.15) is 12.4 Å². The first-order valence-corrected chi connectivity index (χ1v) is 10.4. The van der Waals surface area contributed by atoms with Crippen LogP contribution in [0.2, 0.25) is 0 Å². The van der Waals surface area contributed by atoms with Gasteiger partial charge in [-0.05, 0) is 35.7 Å². The van der Waals surface area contributed by atoms with Crippen molar-refractivity contribution in [2.45, 2.75) is 12.3 Å². The van der Waals surface area contributed by atoms with E-state index < -0.39 is 5.97 Å². The van der Waals surface area contributed by atoms with Crippen LogP contribution in [0.5, 0.6) is 5.75 Å². The predicted octanol–water partition coefficient (Wildman–Crippen LogP) is 4.40. The van der Waals surface area contributed by atoms with Gasteiger partial charge in [0, 0.05) is 12.5 Å². The molecular weight excluding hydrogens is 420 g/mol. The highest BCUT2D eigenvalue weighted by atomic mass is 16.6. The molecular formula is C27H30O6. The van der Waals surface area contributed by atoms with Crippen molar-refractivity contribution < 1.29 is 28.5 Å². The summed E-state index contributed by atoms with van der Waals surface area (Å²) in [6, 6.07) is 28.8. The van der Waals surface area contributed by atoms with E-state index in [2.05, 4.69) is 69.7 Å². The second kappa shape index (κ2) is 13.0. The second-order valence-corrected chi connectivity index (χ2v) is 7.26.